The fourth-order valence-corrected chi connectivity index (χ4v) is 1.59. The zero-order valence-electron chi connectivity index (χ0n) is 10.3. The van der Waals surface area contributed by atoms with E-state index in [1.54, 1.807) is 20.8 Å². The van der Waals surface area contributed by atoms with E-state index in [0.29, 0.717) is 19.3 Å². The number of nitrogens with one attached hydrogen (secondary N) is 2. The molecule has 1 aliphatic rings. The molecule has 6 heteroatoms. The summed E-state index contributed by atoms with van der Waals surface area (Å²) >= 11 is 0. The fourth-order valence-electron chi connectivity index (χ4n) is 1.59. The molecule has 2 atom stereocenters. The number of ether oxygens (including phenoxy) is 1. The van der Waals surface area contributed by atoms with Crippen LogP contribution in [0.4, 0.5) is 4.79 Å². The Kier molecular flexibility index (Phi) is 4.09. The van der Waals surface area contributed by atoms with Crippen LogP contribution in [0.5, 0.6) is 0 Å². The Balaban J connectivity index is 2.61. The first kappa shape index (κ1) is 13.5. The first-order valence-electron chi connectivity index (χ1n) is 5.56. The molecule has 0 radical (unpaired) electrons. The fraction of sp³-hybridized carbons (Fsp3) is 0.727. The van der Waals surface area contributed by atoms with Gasteiger partial charge in [0, 0.05) is 12.5 Å². The lowest BCUT2D eigenvalue weighted by molar-refractivity contribution is -0.129. The molecule has 1 rings (SSSR count). The summed E-state index contributed by atoms with van der Waals surface area (Å²) in [4.78, 5) is 33.8. The van der Waals surface area contributed by atoms with E-state index in [-0.39, 0.29) is 5.91 Å². The zero-order chi connectivity index (χ0) is 13.1. The number of amides is 2. The van der Waals surface area contributed by atoms with E-state index in [1.165, 1.54) is 0 Å². The van der Waals surface area contributed by atoms with Crippen molar-refractivity contribution in [3.8, 4) is 0 Å². The van der Waals surface area contributed by atoms with Crippen molar-refractivity contribution in [3.05, 3.63) is 0 Å². The molecule has 2 amide bonds. The number of rotatable bonds is 2. The molecule has 1 saturated heterocycles. The van der Waals surface area contributed by atoms with Crippen molar-refractivity contribution in [2.45, 2.75) is 38.8 Å². The smallest absolute Gasteiger partial charge is 0.408 e. The van der Waals surface area contributed by atoms with Crippen molar-refractivity contribution in [2.75, 3.05) is 6.54 Å². The highest BCUT2D eigenvalue weighted by Crippen LogP contribution is 2.12. The van der Waals surface area contributed by atoms with Gasteiger partial charge in [0.1, 0.15) is 17.9 Å². The van der Waals surface area contributed by atoms with E-state index in [4.69, 9.17) is 4.74 Å². The summed E-state index contributed by atoms with van der Waals surface area (Å²) < 4.78 is 5.04. The minimum atomic E-state index is -0.837. The highest BCUT2D eigenvalue weighted by Gasteiger charge is 2.34. The van der Waals surface area contributed by atoms with E-state index in [0.717, 1.165) is 0 Å². The molecule has 2 N–H and O–H groups in total. The minimum Gasteiger partial charge on any atom is -0.444 e. The molecule has 6 nitrogen and oxygen atoms in total. The van der Waals surface area contributed by atoms with Crippen molar-refractivity contribution in [1.29, 1.82) is 0 Å². The average Bonchev–Trinajstić information content (AvgIpc) is 2.18. The lowest BCUT2D eigenvalue weighted by Gasteiger charge is -2.29. The van der Waals surface area contributed by atoms with Gasteiger partial charge >= 0.3 is 6.09 Å². The largest absolute Gasteiger partial charge is 0.444 e. The third-order valence-corrected chi connectivity index (χ3v) is 2.33. The maximum atomic E-state index is 11.5. The van der Waals surface area contributed by atoms with Gasteiger partial charge in [0.05, 0.1) is 0 Å². The van der Waals surface area contributed by atoms with E-state index in [9.17, 15) is 14.4 Å². The van der Waals surface area contributed by atoms with Crippen molar-refractivity contribution >= 4 is 18.3 Å². The summed E-state index contributed by atoms with van der Waals surface area (Å²) in [5.41, 5.74) is -0.633. The third-order valence-electron chi connectivity index (χ3n) is 2.33. The molecular formula is C11H18N2O4. The van der Waals surface area contributed by atoms with Crippen LogP contribution in [0.15, 0.2) is 0 Å². The molecule has 0 aromatic heterocycles. The molecule has 0 bridgehead atoms. The van der Waals surface area contributed by atoms with E-state index >= 15 is 0 Å². The van der Waals surface area contributed by atoms with Crippen LogP contribution in [0.1, 0.15) is 27.2 Å². The Morgan fingerprint density at radius 2 is 2.18 bits per heavy atom. The number of alkyl carbamates (subject to hydrolysis) is 1. The Labute approximate surface area is 100 Å². The van der Waals surface area contributed by atoms with Crippen molar-refractivity contribution in [1.82, 2.24) is 10.6 Å². The predicted molar refractivity (Wildman–Crippen MR) is 60.3 cm³/mol. The first-order chi connectivity index (χ1) is 7.83. The van der Waals surface area contributed by atoms with Crippen LogP contribution in [0.3, 0.4) is 0 Å². The topological polar surface area (TPSA) is 84.5 Å². The van der Waals surface area contributed by atoms with Crippen LogP contribution >= 0.6 is 0 Å². The molecular weight excluding hydrogens is 224 g/mol. The molecule has 0 aromatic rings. The second-order valence-corrected chi connectivity index (χ2v) is 5.00. The summed E-state index contributed by atoms with van der Waals surface area (Å²) in [5.74, 6) is -0.838. The molecule has 1 aliphatic heterocycles. The first-order valence-corrected chi connectivity index (χ1v) is 5.56. The van der Waals surface area contributed by atoms with Gasteiger partial charge in [-0.3, -0.25) is 4.79 Å². The monoisotopic (exact) mass is 242 g/mol. The molecule has 2 unspecified atom stereocenters. The van der Waals surface area contributed by atoms with E-state index in [2.05, 4.69) is 10.6 Å². The van der Waals surface area contributed by atoms with Crippen molar-refractivity contribution in [3.63, 3.8) is 0 Å². The molecule has 0 saturated carbocycles. The summed E-state index contributed by atoms with van der Waals surface area (Å²) in [6.45, 7) is 5.63. The van der Waals surface area contributed by atoms with Gasteiger partial charge in [-0.15, -0.1) is 0 Å². The van der Waals surface area contributed by atoms with Gasteiger partial charge in [0.2, 0.25) is 5.91 Å². The molecule has 96 valence electrons. The summed E-state index contributed by atoms with van der Waals surface area (Å²) in [7, 11) is 0. The van der Waals surface area contributed by atoms with Crippen LogP contribution in [0.25, 0.3) is 0 Å². The second-order valence-electron chi connectivity index (χ2n) is 5.00. The molecule has 17 heavy (non-hydrogen) atoms. The summed E-state index contributed by atoms with van der Waals surface area (Å²) in [6.07, 6.45) is 0.530. The molecule has 0 aromatic carbocycles. The van der Waals surface area contributed by atoms with E-state index < -0.39 is 23.7 Å². The maximum Gasteiger partial charge on any atom is 0.408 e. The van der Waals surface area contributed by atoms with Gasteiger partial charge in [-0.1, -0.05) is 0 Å². The van der Waals surface area contributed by atoms with Gasteiger partial charge in [0.25, 0.3) is 0 Å². The predicted octanol–water partition coefficient (Wildman–Crippen LogP) is 0.215. The molecule has 1 heterocycles. The number of aldehydes is 1. The highest BCUT2D eigenvalue weighted by molar-refractivity contribution is 5.89. The number of piperidine rings is 1. The Morgan fingerprint density at radius 1 is 1.53 bits per heavy atom. The van der Waals surface area contributed by atoms with Crippen molar-refractivity contribution in [2.24, 2.45) is 5.92 Å². The van der Waals surface area contributed by atoms with Crippen LogP contribution < -0.4 is 10.6 Å². The van der Waals surface area contributed by atoms with Gasteiger partial charge < -0.3 is 20.2 Å². The Morgan fingerprint density at radius 3 is 2.71 bits per heavy atom. The summed E-state index contributed by atoms with van der Waals surface area (Å²) in [6, 6.07) is -0.837. The molecule has 1 fully saturated rings. The summed E-state index contributed by atoms with van der Waals surface area (Å²) in [5, 5.41) is 5.02. The molecule has 0 spiro atoms. The standard InChI is InChI=1S/C11H18N2O4/c1-11(2,3)17-10(16)13-8-7(6-14)4-5-12-9(8)15/h6-8H,4-5H2,1-3H3,(H,12,15)(H,13,16). The second kappa shape index (κ2) is 5.16. The quantitative estimate of drug-likeness (QED) is 0.678. The van der Waals surface area contributed by atoms with Crippen LogP contribution in [0, 0.1) is 5.92 Å². The highest BCUT2D eigenvalue weighted by atomic mass is 16.6. The van der Waals surface area contributed by atoms with E-state index in [1.807, 2.05) is 0 Å². The maximum absolute atomic E-state index is 11.5. The number of hydrogen-bond donors (Lipinski definition) is 2. The van der Waals surface area contributed by atoms with Crippen molar-refractivity contribution < 1.29 is 19.1 Å². The SMILES string of the molecule is CC(C)(C)OC(=O)NC1C(=O)NCCC1C=O. The third kappa shape index (κ3) is 4.05. The van der Waals surface area contributed by atoms with Gasteiger partial charge in [-0.05, 0) is 27.2 Å². The lowest BCUT2D eigenvalue weighted by atomic mass is 9.94. The molecule has 0 aliphatic carbocycles. The average molecular weight is 242 g/mol. The van der Waals surface area contributed by atoms with Gasteiger partial charge in [-0.25, -0.2) is 4.79 Å². The number of carbonyl (C=O) groups is 3. The van der Waals surface area contributed by atoms with Gasteiger partial charge in [-0.2, -0.15) is 0 Å². The van der Waals surface area contributed by atoms with Crippen LogP contribution in [-0.4, -0.2) is 36.5 Å². The Bertz CT molecular complexity index is 322. The van der Waals surface area contributed by atoms with Crippen LogP contribution in [0.2, 0.25) is 0 Å². The van der Waals surface area contributed by atoms with Crippen LogP contribution in [-0.2, 0) is 14.3 Å². The number of carbonyl (C=O) groups excluding carboxylic acids is 3. The Hall–Kier alpha value is -1.59. The van der Waals surface area contributed by atoms with Gasteiger partial charge in [0.15, 0.2) is 0 Å². The minimum absolute atomic E-state index is 0.348. The number of hydrogen-bond acceptors (Lipinski definition) is 4. The zero-order valence-corrected chi connectivity index (χ0v) is 10.3. The normalized spacial score (nSPS) is 24.8. The lowest BCUT2D eigenvalue weighted by Crippen LogP contribution is -2.56.